The Labute approximate surface area is 210 Å². The van der Waals surface area contributed by atoms with Gasteiger partial charge in [0.15, 0.2) is 0 Å². The second-order valence-corrected chi connectivity index (χ2v) is 9.97. The van der Waals surface area contributed by atoms with E-state index in [1.54, 1.807) is 17.0 Å². The molecule has 1 aromatic heterocycles. The zero-order chi connectivity index (χ0) is 24.8. The van der Waals surface area contributed by atoms with Crippen LogP contribution in [-0.2, 0) is 14.3 Å². The summed E-state index contributed by atoms with van der Waals surface area (Å²) in [7, 11) is 0. The molecule has 1 amide bonds. The van der Waals surface area contributed by atoms with Gasteiger partial charge in [-0.2, -0.15) is 0 Å². The maximum atomic E-state index is 13.2. The number of aliphatic hydroxyl groups is 1. The molecule has 2 aromatic rings. The van der Waals surface area contributed by atoms with Gasteiger partial charge in [0.25, 0.3) is 11.7 Å². The van der Waals surface area contributed by atoms with Gasteiger partial charge in [0.1, 0.15) is 11.5 Å². The lowest BCUT2D eigenvalue weighted by atomic mass is 9.97. The number of aliphatic hydroxyl groups excluding tert-OH is 1. The second-order valence-electron chi connectivity index (χ2n) is 8.99. The van der Waals surface area contributed by atoms with Crippen molar-refractivity contribution in [3.8, 4) is 5.75 Å². The third-order valence-corrected chi connectivity index (χ3v) is 7.47. The highest BCUT2D eigenvalue weighted by Gasteiger charge is 2.46. The Morgan fingerprint density at radius 3 is 2.66 bits per heavy atom. The van der Waals surface area contributed by atoms with Gasteiger partial charge in [0.05, 0.1) is 31.4 Å². The van der Waals surface area contributed by atoms with E-state index < -0.39 is 17.7 Å². The molecule has 8 heteroatoms. The van der Waals surface area contributed by atoms with Crippen LogP contribution in [0.3, 0.4) is 0 Å². The molecule has 0 saturated carbocycles. The van der Waals surface area contributed by atoms with Crippen LogP contribution in [0, 0.1) is 6.92 Å². The molecule has 188 valence electrons. The van der Waals surface area contributed by atoms with Crippen molar-refractivity contribution in [3.63, 3.8) is 0 Å². The first-order chi connectivity index (χ1) is 17.0. The molecule has 2 fully saturated rings. The molecule has 2 aliphatic heterocycles. The Morgan fingerprint density at radius 1 is 1.17 bits per heavy atom. The van der Waals surface area contributed by atoms with E-state index in [0.29, 0.717) is 18.7 Å². The molecule has 1 aromatic carbocycles. The minimum atomic E-state index is -0.630. The Balaban J connectivity index is 1.59. The lowest BCUT2D eigenvalue weighted by molar-refractivity contribution is -0.140. The normalized spacial score (nSPS) is 20.5. The molecule has 0 spiro atoms. The van der Waals surface area contributed by atoms with Crippen LogP contribution in [0.4, 0.5) is 0 Å². The molecule has 35 heavy (non-hydrogen) atoms. The van der Waals surface area contributed by atoms with Gasteiger partial charge in [-0.25, -0.2) is 0 Å². The monoisotopic (exact) mass is 498 g/mol. The van der Waals surface area contributed by atoms with Crippen LogP contribution in [0.15, 0.2) is 41.3 Å². The smallest absolute Gasteiger partial charge is 0.295 e. The number of ether oxygens (including phenoxy) is 2. The second kappa shape index (κ2) is 11.8. The fourth-order valence-electron chi connectivity index (χ4n) is 4.61. The molecule has 0 bridgehead atoms. The van der Waals surface area contributed by atoms with Crippen LogP contribution in [0.25, 0.3) is 5.76 Å². The van der Waals surface area contributed by atoms with Crippen molar-refractivity contribution in [2.75, 3.05) is 46.0 Å². The Hall–Kier alpha value is -2.68. The quantitative estimate of drug-likeness (QED) is 0.227. The van der Waals surface area contributed by atoms with Crippen molar-refractivity contribution < 1.29 is 24.2 Å². The van der Waals surface area contributed by atoms with Gasteiger partial charge in [-0.1, -0.05) is 19.4 Å². The van der Waals surface area contributed by atoms with Crippen molar-refractivity contribution in [3.05, 3.63) is 57.3 Å². The lowest BCUT2D eigenvalue weighted by Crippen LogP contribution is -2.38. The molecule has 4 rings (SSSR count). The van der Waals surface area contributed by atoms with E-state index in [9.17, 15) is 14.7 Å². The largest absolute Gasteiger partial charge is 0.507 e. The molecule has 2 aliphatic rings. The first-order valence-corrected chi connectivity index (χ1v) is 13.2. The van der Waals surface area contributed by atoms with E-state index in [-0.39, 0.29) is 11.3 Å². The van der Waals surface area contributed by atoms with Crippen LogP contribution in [0.2, 0.25) is 0 Å². The molecule has 1 unspecified atom stereocenters. The average Bonchev–Trinajstić information content (AvgIpc) is 3.47. The number of benzene rings is 1. The van der Waals surface area contributed by atoms with Crippen molar-refractivity contribution in [1.29, 1.82) is 0 Å². The number of carbonyl (C=O) groups excluding carboxylic acids is 2. The van der Waals surface area contributed by atoms with Gasteiger partial charge in [-0.15, -0.1) is 11.3 Å². The standard InChI is InChI=1S/C27H34N2O5S/c1-3-4-14-34-20-8-9-21(19(2)18-20)25(30)23-24(22-7-5-17-35-22)29(27(32)26(23)31)11-6-10-28-12-15-33-16-13-28/h5,7-9,17-18,24,30H,3-4,6,10-16H2,1-2H3. The molecule has 3 heterocycles. The van der Waals surface area contributed by atoms with Gasteiger partial charge in [0, 0.05) is 36.6 Å². The molecular formula is C27H34N2O5S. The molecule has 0 radical (unpaired) electrons. The van der Waals surface area contributed by atoms with Crippen molar-refractivity contribution >= 4 is 28.8 Å². The maximum Gasteiger partial charge on any atom is 0.295 e. The highest BCUT2D eigenvalue weighted by Crippen LogP contribution is 2.41. The fourth-order valence-corrected chi connectivity index (χ4v) is 5.46. The number of aryl methyl sites for hydroxylation is 1. The van der Waals surface area contributed by atoms with Gasteiger partial charge in [-0.3, -0.25) is 14.5 Å². The number of amides is 1. The summed E-state index contributed by atoms with van der Waals surface area (Å²) in [4.78, 5) is 31.1. The SMILES string of the molecule is CCCCOc1ccc(C(O)=C2C(=O)C(=O)N(CCCN3CCOCC3)C2c2cccs2)c(C)c1. The minimum absolute atomic E-state index is 0.130. The van der Waals surface area contributed by atoms with E-state index in [0.717, 1.165) is 68.3 Å². The minimum Gasteiger partial charge on any atom is -0.507 e. The van der Waals surface area contributed by atoms with Crippen LogP contribution in [-0.4, -0.2) is 72.6 Å². The summed E-state index contributed by atoms with van der Waals surface area (Å²) in [5.74, 6) is -0.583. The van der Waals surface area contributed by atoms with E-state index in [1.165, 1.54) is 11.3 Å². The number of hydrogen-bond donors (Lipinski definition) is 1. The zero-order valence-electron chi connectivity index (χ0n) is 20.5. The van der Waals surface area contributed by atoms with Gasteiger partial charge >= 0.3 is 0 Å². The Kier molecular flexibility index (Phi) is 8.59. The number of nitrogens with zero attached hydrogens (tertiary/aromatic N) is 2. The van der Waals surface area contributed by atoms with E-state index in [2.05, 4.69) is 11.8 Å². The molecular weight excluding hydrogens is 464 g/mol. The molecule has 1 N–H and O–H groups in total. The average molecular weight is 499 g/mol. The van der Waals surface area contributed by atoms with Crippen LogP contribution < -0.4 is 4.74 Å². The number of ketones is 1. The number of rotatable bonds is 10. The predicted molar refractivity (Wildman–Crippen MR) is 137 cm³/mol. The molecule has 2 saturated heterocycles. The topological polar surface area (TPSA) is 79.3 Å². The molecule has 7 nitrogen and oxygen atoms in total. The van der Waals surface area contributed by atoms with Crippen molar-refractivity contribution in [2.24, 2.45) is 0 Å². The van der Waals surface area contributed by atoms with Crippen LogP contribution in [0.5, 0.6) is 5.75 Å². The fraction of sp³-hybridized carbons (Fsp3) is 0.481. The van der Waals surface area contributed by atoms with Crippen molar-refractivity contribution in [1.82, 2.24) is 9.80 Å². The van der Waals surface area contributed by atoms with Gasteiger partial charge < -0.3 is 19.5 Å². The first kappa shape index (κ1) is 25.4. The number of carbonyl (C=O) groups is 2. The third-order valence-electron chi connectivity index (χ3n) is 6.55. The number of hydrogen-bond acceptors (Lipinski definition) is 7. The summed E-state index contributed by atoms with van der Waals surface area (Å²) in [6.45, 7) is 9.11. The molecule has 1 atom stereocenters. The number of unbranched alkanes of at least 4 members (excludes halogenated alkanes) is 1. The Morgan fingerprint density at radius 2 is 1.97 bits per heavy atom. The number of morpholine rings is 1. The van der Waals surface area contributed by atoms with E-state index in [4.69, 9.17) is 9.47 Å². The zero-order valence-corrected chi connectivity index (χ0v) is 21.3. The summed E-state index contributed by atoms with van der Waals surface area (Å²) < 4.78 is 11.2. The Bertz CT molecular complexity index is 1060. The predicted octanol–water partition coefficient (Wildman–Crippen LogP) is 4.38. The highest BCUT2D eigenvalue weighted by atomic mass is 32.1. The van der Waals surface area contributed by atoms with Crippen LogP contribution in [0.1, 0.15) is 48.2 Å². The van der Waals surface area contributed by atoms with Gasteiger partial charge in [-0.05, 0) is 55.0 Å². The van der Waals surface area contributed by atoms with Crippen LogP contribution >= 0.6 is 11.3 Å². The summed E-state index contributed by atoms with van der Waals surface area (Å²) in [5, 5.41) is 13.3. The first-order valence-electron chi connectivity index (χ1n) is 12.4. The lowest BCUT2D eigenvalue weighted by Gasteiger charge is -2.28. The maximum absolute atomic E-state index is 13.2. The highest BCUT2D eigenvalue weighted by molar-refractivity contribution is 7.10. The number of thiophene rings is 1. The third kappa shape index (κ3) is 5.77. The van der Waals surface area contributed by atoms with E-state index >= 15 is 0 Å². The van der Waals surface area contributed by atoms with Gasteiger partial charge in [0.2, 0.25) is 0 Å². The number of Topliss-reactive ketones (excluding diaryl/α,β-unsaturated/α-hetero) is 1. The summed E-state index contributed by atoms with van der Waals surface area (Å²) in [5.41, 5.74) is 1.49. The summed E-state index contributed by atoms with van der Waals surface area (Å²) in [6, 6.07) is 8.67. The van der Waals surface area contributed by atoms with E-state index in [1.807, 2.05) is 30.5 Å². The summed E-state index contributed by atoms with van der Waals surface area (Å²) in [6.07, 6.45) is 2.77. The van der Waals surface area contributed by atoms with Crippen molar-refractivity contribution in [2.45, 2.75) is 39.2 Å². The summed E-state index contributed by atoms with van der Waals surface area (Å²) >= 11 is 1.49. The molecule has 0 aliphatic carbocycles. The number of likely N-dealkylation sites (tertiary alicyclic amines) is 1.